The van der Waals surface area contributed by atoms with Gasteiger partial charge in [0.2, 0.25) is 0 Å². The fourth-order valence-corrected chi connectivity index (χ4v) is 3.59. The van der Waals surface area contributed by atoms with Gasteiger partial charge in [-0.25, -0.2) is 12.8 Å². The maximum Gasteiger partial charge on any atom is 0.179 e. The third-order valence-corrected chi connectivity index (χ3v) is 4.95. The fraction of sp³-hybridized carbons (Fsp3) is 0.538. The maximum atomic E-state index is 13.0. The summed E-state index contributed by atoms with van der Waals surface area (Å²) in [6.45, 7) is 4.73. The minimum Gasteiger partial charge on any atom is -0.313 e. The number of sulfone groups is 1. The van der Waals surface area contributed by atoms with Gasteiger partial charge in [-0.15, -0.1) is 0 Å². The van der Waals surface area contributed by atoms with Gasteiger partial charge in [0, 0.05) is 6.04 Å². The molecule has 1 unspecified atom stereocenters. The highest BCUT2D eigenvalue weighted by atomic mass is 35.5. The van der Waals surface area contributed by atoms with Crippen LogP contribution in [0.2, 0.25) is 5.02 Å². The van der Waals surface area contributed by atoms with Gasteiger partial charge >= 0.3 is 0 Å². The van der Waals surface area contributed by atoms with Crippen molar-refractivity contribution < 1.29 is 12.8 Å². The number of rotatable bonds is 7. The van der Waals surface area contributed by atoms with E-state index in [1.54, 1.807) is 0 Å². The van der Waals surface area contributed by atoms with Gasteiger partial charge in [0.1, 0.15) is 5.82 Å². The van der Waals surface area contributed by atoms with Crippen LogP contribution in [-0.4, -0.2) is 26.8 Å². The van der Waals surface area contributed by atoms with Gasteiger partial charge in [-0.2, -0.15) is 0 Å². The molecule has 0 saturated carbocycles. The first-order chi connectivity index (χ1) is 8.90. The van der Waals surface area contributed by atoms with Gasteiger partial charge in [0.15, 0.2) is 9.84 Å². The summed E-state index contributed by atoms with van der Waals surface area (Å²) >= 11 is 5.62. The molecular formula is C13H19ClFNO2S. The Labute approximate surface area is 119 Å². The van der Waals surface area contributed by atoms with Crippen molar-refractivity contribution in [2.24, 2.45) is 0 Å². The van der Waals surface area contributed by atoms with Gasteiger partial charge in [-0.1, -0.05) is 25.4 Å². The molecule has 6 heteroatoms. The molecule has 19 heavy (non-hydrogen) atoms. The molecule has 0 heterocycles. The molecule has 1 N–H and O–H groups in total. The van der Waals surface area contributed by atoms with Crippen LogP contribution in [0.1, 0.15) is 26.7 Å². The Morgan fingerprint density at radius 1 is 1.37 bits per heavy atom. The average Bonchev–Trinajstić information content (AvgIpc) is 2.37. The molecule has 0 fully saturated rings. The molecule has 0 amide bonds. The van der Waals surface area contributed by atoms with Crippen LogP contribution in [0.3, 0.4) is 0 Å². The number of hydrogen-bond donors (Lipinski definition) is 1. The van der Waals surface area contributed by atoms with Crippen LogP contribution in [-0.2, 0) is 9.84 Å². The topological polar surface area (TPSA) is 46.2 Å². The summed E-state index contributed by atoms with van der Waals surface area (Å²) in [4.78, 5) is 0.0654. The molecule has 1 aromatic carbocycles. The van der Waals surface area contributed by atoms with Crippen molar-refractivity contribution in [2.75, 3.05) is 12.3 Å². The van der Waals surface area contributed by atoms with Crippen molar-refractivity contribution in [2.45, 2.75) is 37.6 Å². The van der Waals surface area contributed by atoms with E-state index in [4.69, 9.17) is 11.6 Å². The highest BCUT2D eigenvalue weighted by molar-refractivity contribution is 7.91. The predicted molar refractivity (Wildman–Crippen MR) is 75.8 cm³/mol. The van der Waals surface area contributed by atoms with Gasteiger partial charge in [0.25, 0.3) is 0 Å². The lowest BCUT2D eigenvalue weighted by Gasteiger charge is -2.16. The summed E-state index contributed by atoms with van der Waals surface area (Å²) in [6.07, 6.45) is 1.66. The predicted octanol–water partition coefficient (Wildman–Crippen LogP) is 3.03. The Hall–Kier alpha value is -0.650. The minimum absolute atomic E-state index is 0.00847. The highest BCUT2D eigenvalue weighted by Gasteiger charge is 2.20. The molecule has 0 radical (unpaired) electrons. The Balaban J connectivity index is 2.87. The Bertz CT molecular complexity index is 519. The molecule has 0 spiro atoms. The summed E-state index contributed by atoms with van der Waals surface area (Å²) in [5.74, 6) is -0.623. The van der Waals surface area contributed by atoms with E-state index < -0.39 is 15.7 Å². The maximum absolute atomic E-state index is 13.0. The Kier molecular flexibility index (Phi) is 6.23. The van der Waals surface area contributed by atoms with E-state index in [0.717, 1.165) is 19.0 Å². The van der Waals surface area contributed by atoms with Crippen molar-refractivity contribution in [1.29, 1.82) is 0 Å². The molecule has 0 saturated heterocycles. The highest BCUT2D eigenvalue weighted by Crippen LogP contribution is 2.21. The molecular weight excluding hydrogens is 289 g/mol. The minimum atomic E-state index is -3.45. The van der Waals surface area contributed by atoms with E-state index in [-0.39, 0.29) is 21.7 Å². The van der Waals surface area contributed by atoms with Crippen LogP contribution >= 0.6 is 11.6 Å². The lowest BCUT2D eigenvalue weighted by molar-refractivity contribution is 0.519. The van der Waals surface area contributed by atoms with E-state index in [9.17, 15) is 12.8 Å². The molecule has 1 aromatic rings. The molecule has 0 aromatic heterocycles. The van der Waals surface area contributed by atoms with Crippen molar-refractivity contribution in [3.63, 3.8) is 0 Å². The summed E-state index contributed by atoms with van der Waals surface area (Å²) in [5, 5.41) is 3.01. The first kappa shape index (κ1) is 16.4. The van der Waals surface area contributed by atoms with Crippen LogP contribution in [0.5, 0.6) is 0 Å². The first-order valence-electron chi connectivity index (χ1n) is 6.32. The molecule has 0 bridgehead atoms. The zero-order valence-electron chi connectivity index (χ0n) is 11.1. The van der Waals surface area contributed by atoms with Crippen LogP contribution in [0.15, 0.2) is 23.1 Å². The number of halogens is 2. The third kappa shape index (κ3) is 4.75. The molecule has 0 aliphatic heterocycles. The van der Waals surface area contributed by atoms with Crippen LogP contribution in [0, 0.1) is 5.82 Å². The normalized spacial score (nSPS) is 13.5. The van der Waals surface area contributed by atoms with E-state index in [0.29, 0.717) is 6.42 Å². The molecule has 108 valence electrons. The zero-order valence-corrected chi connectivity index (χ0v) is 12.7. The van der Waals surface area contributed by atoms with Crippen LogP contribution in [0.25, 0.3) is 0 Å². The lowest BCUT2D eigenvalue weighted by Crippen LogP contribution is -2.35. The second-order valence-corrected chi connectivity index (χ2v) is 6.86. The Morgan fingerprint density at radius 3 is 2.58 bits per heavy atom. The van der Waals surface area contributed by atoms with Gasteiger partial charge in [-0.05, 0) is 37.6 Å². The van der Waals surface area contributed by atoms with Crippen molar-refractivity contribution in [1.82, 2.24) is 5.32 Å². The number of benzene rings is 1. The third-order valence-electron chi connectivity index (χ3n) is 2.85. The fourth-order valence-electron chi connectivity index (χ4n) is 1.70. The second-order valence-electron chi connectivity index (χ2n) is 4.42. The summed E-state index contributed by atoms with van der Waals surface area (Å²) in [7, 11) is -3.45. The summed E-state index contributed by atoms with van der Waals surface area (Å²) < 4.78 is 37.5. The molecule has 0 aliphatic carbocycles. The smallest absolute Gasteiger partial charge is 0.179 e. The summed E-state index contributed by atoms with van der Waals surface area (Å²) in [5.41, 5.74) is 0. The van der Waals surface area contributed by atoms with Crippen LogP contribution < -0.4 is 5.32 Å². The average molecular weight is 308 g/mol. The first-order valence-corrected chi connectivity index (χ1v) is 8.35. The van der Waals surface area contributed by atoms with Gasteiger partial charge < -0.3 is 5.32 Å². The van der Waals surface area contributed by atoms with E-state index in [1.807, 2.05) is 13.8 Å². The number of nitrogens with one attached hydrogen (secondary N) is 1. The largest absolute Gasteiger partial charge is 0.313 e. The Morgan fingerprint density at radius 2 is 2.05 bits per heavy atom. The van der Waals surface area contributed by atoms with E-state index >= 15 is 0 Å². The molecule has 0 aliphatic rings. The van der Waals surface area contributed by atoms with Crippen molar-refractivity contribution in [3.05, 3.63) is 29.0 Å². The van der Waals surface area contributed by atoms with Crippen LogP contribution in [0.4, 0.5) is 4.39 Å². The molecule has 1 rings (SSSR count). The van der Waals surface area contributed by atoms with Gasteiger partial charge in [0.05, 0.1) is 15.7 Å². The standard InChI is InChI=1S/C13H19ClFNO2S/c1-3-7-16-10(4-2)9-19(17,18)11-5-6-13(15)12(14)8-11/h5-6,8,10,16H,3-4,7,9H2,1-2H3. The van der Waals surface area contributed by atoms with Crippen molar-refractivity contribution in [3.8, 4) is 0 Å². The lowest BCUT2D eigenvalue weighted by atomic mass is 10.2. The SMILES string of the molecule is CCCNC(CC)CS(=O)(=O)c1ccc(F)c(Cl)c1. The zero-order chi connectivity index (χ0) is 14.5. The second kappa shape index (κ2) is 7.22. The van der Waals surface area contributed by atoms with Gasteiger partial charge in [-0.3, -0.25) is 0 Å². The molecule has 1 atom stereocenters. The summed E-state index contributed by atoms with van der Waals surface area (Å²) in [6, 6.07) is 3.39. The number of hydrogen-bond acceptors (Lipinski definition) is 3. The van der Waals surface area contributed by atoms with Crippen molar-refractivity contribution >= 4 is 21.4 Å². The quantitative estimate of drug-likeness (QED) is 0.788. The molecule has 3 nitrogen and oxygen atoms in total. The monoisotopic (exact) mass is 307 g/mol. The van der Waals surface area contributed by atoms with E-state index in [1.165, 1.54) is 12.1 Å². The van der Waals surface area contributed by atoms with E-state index in [2.05, 4.69) is 5.32 Å².